The minimum absolute atomic E-state index is 0.633. The number of furan rings is 1. The van der Waals surface area contributed by atoms with Crippen molar-refractivity contribution in [1.29, 1.82) is 0 Å². The lowest BCUT2D eigenvalue weighted by Gasteiger charge is -1.83. The van der Waals surface area contributed by atoms with Crippen molar-refractivity contribution < 1.29 is 4.42 Å². The minimum atomic E-state index is 0.633. The molecule has 2 radical (unpaired) electrons. The van der Waals surface area contributed by atoms with Crippen LogP contribution in [0.5, 0.6) is 0 Å². The van der Waals surface area contributed by atoms with Crippen molar-refractivity contribution in [3.8, 4) is 0 Å². The monoisotopic (exact) mass is 124 g/mol. The van der Waals surface area contributed by atoms with Gasteiger partial charge in [0.15, 0.2) is 0 Å². The molecule has 1 heterocycles. The van der Waals surface area contributed by atoms with Crippen LogP contribution in [0.2, 0.25) is 0 Å². The Morgan fingerprint density at radius 1 is 1.75 bits per heavy atom. The average molecular weight is 124 g/mol. The maximum Gasteiger partial charge on any atom is 0.120 e. The molecule has 1 rings (SSSR count). The Hall–Kier alpha value is -0.305. The standard InChI is InChI=1S/C5H5BOS/c1-3-5(6)4(8)2-7-3/h2,8H,1H3. The summed E-state index contributed by atoms with van der Waals surface area (Å²) >= 11 is 4.00. The zero-order chi connectivity index (χ0) is 6.15. The molecule has 0 fully saturated rings. The molecule has 0 N–H and O–H groups in total. The molecule has 0 atom stereocenters. The molecule has 8 heavy (non-hydrogen) atoms. The smallest absolute Gasteiger partial charge is 0.120 e. The molecule has 0 spiro atoms. The first-order valence-corrected chi connectivity index (χ1v) is 2.69. The van der Waals surface area contributed by atoms with E-state index in [1.54, 1.807) is 6.92 Å². The van der Waals surface area contributed by atoms with Gasteiger partial charge in [-0.25, -0.2) is 0 Å². The van der Waals surface area contributed by atoms with Crippen molar-refractivity contribution in [2.75, 3.05) is 0 Å². The second kappa shape index (κ2) is 1.90. The highest BCUT2D eigenvalue weighted by molar-refractivity contribution is 7.80. The Kier molecular flexibility index (Phi) is 1.38. The summed E-state index contributed by atoms with van der Waals surface area (Å²) in [5.41, 5.74) is 0.633. The molecule has 0 aromatic carbocycles. The van der Waals surface area contributed by atoms with Gasteiger partial charge in [0, 0.05) is 4.90 Å². The SMILES string of the molecule is [B]c1c(S)coc1C. The first-order chi connectivity index (χ1) is 3.72. The van der Waals surface area contributed by atoms with Crippen LogP contribution in [-0.4, -0.2) is 7.85 Å². The van der Waals surface area contributed by atoms with E-state index in [-0.39, 0.29) is 0 Å². The summed E-state index contributed by atoms with van der Waals surface area (Å²) in [6, 6.07) is 0. The highest BCUT2D eigenvalue weighted by Gasteiger charge is 1.97. The zero-order valence-corrected chi connectivity index (χ0v) is 5.40. The van der Waals surface area contributed by atoms with Crippen LogP contribution in [0.3, 0.4) is 0 Å². The molecule has 0 saturated heterocycles. The van der Waals surface area contributed by atoms with Crippen LogP contribution in [0.15, 0.2) is 15.6 Å². The predicted octanol–water partition coefficient (Wildman–Crippen LogP) is 0.671. The summed E-state index contributed by atoms with van der Waals surface area (Å²) in [7, 11) is 5.43. The number of aryl methyl sites for hydroxylation is 1. The van der Waals surface area contributed by atoms with Gasteiger partial charge in [-0.05, 0) is 12.4 Å². The second-order valence-electron chi connectivity index (χ2n) is 1.59. The maximum absolute atomic E-state index is 5.43. The Balaban J connectivity index is 3.19. The summed E-state index contributed by atoms with van der Waals surface area (Å²) in [6.07, 6.45) is 1.52. The minimum Gasteiger partial charge on any atom is -0.469 e. The molecule has 1 aromatic rings. The topological polar surface area (TPSA) is 13.1 Å². The van der Waals surface area contributed by atoms with E-state index in [2.05, 4.69) is 12.6 Å². The molecule has 0 aliphatic heterocycles. The van der Waals surface area contributed by atoms with E-state index in [0.29, 0.717) is 10.4 Å². The van der Waals surface area contributed by atoms with Crippen LogP contribution in [-0.2, 0) is 0 Å². The quantitative estimate of drug-likeness (QED) is 0.396. The fourth-order valence-corrected chi connectivity index (χ4v) is 0.662. The summed E-state index contributed by atoms with van der Waals surface area (Å²) in [5.74, 6) is 0.731. The van der Waals surface area contributed by atoms with Crippen LogP contribution in [0.1, 0.15) is 5.76 Å². The van der Waals surface area contributed by atoms with E-state index in [4.69, 9.17) is 12.3 Å². The Morgan fingerprint density at radius 2 is 2.38 bits per heavy atom. The summed E-state index contributed by atoms with van der Waals surface area (Å²) in [6.45, 7) is 1.80. The zero-order valence-electron chi connectivity index (χ0n) is 4.51. The number of rotatable bonds is 0. The molecule has 0 saturated carbocycles. The van der Waals surface area contributed by atoms with Crippen molar-refractivity contribution >= 4 is 25.9 Å². The van der Waals surface area contributed by atoms with Gasteiger partial charge in [-0.1, -0.05) is 0 Å². The highest BCUT2D eigenvalue weighted by Crippen LogP contribution is 2.04. The molecular formula is C5H5BOS. The highest BCUT2D eigenvalue weighted by atomic mass is 32.1. The number of hydrogen-bond acceptors (Lipinski definition) is 2. The van der Waals surface area contributed by atoms with E-state index in [1.165, 1.54) is 6.26 Å². The van der Waals surface area contributed by atoms with Crippen molar-refractivity contribution in [2.45, 2.75) is 11.8 Å². The molecule has 3 heteroatoms. The Bertz CT molecular complexity index is 175. The molecular weight excluding hydrogens is 119 g/mol. The molecule has 40 valence electrons. The molecule has 1 nitrogen and oxygen atoms in total. The van der Waals surface area contributed by atoms with Crippen LogP contribution < -0.4 is 5.46 Å². The molecule has 0 aliphatic carbocycles. The third kappa shape index (κ3) is 0.779. The summed E-state index contributed by atoms with van der Waals surface area (Å²) in [5, 5.41) is 0. The molecule has 1 aromatic heterocycles. The van der Waals surface area contributed by atoms with Gasteiger partial charge in [0.1, 0.15) is 14.1 Å². The van der Waals surface area contributed by atoms with Gasteiger partial charge in [-0.3, -0.25) is 0 Å². The molecule has 0 aliphatic rings. The third-order valence-corrected chi connectivity index (χ3v) is 1.35. The Labute approximate surface area is 54.9 Å². The largest absolute Gasteiger partial charge is 0.469 e. The van der Waals surface area contributed by atoms with Gasteiger partial charge < -0.3 is 4.42 Å². The molecule has 0 bridgehead atoms. The van der Waals surface area contributed by atoms with Crippen molar-refractivity contribution in [3.05, 3.63) is 12.0 Å². The van der Waals surface area contributed by atoms with Crippen molar-refractivity contribution in [3.63, 3.8) is 0 Å². The van der Waals surface area contributed by atoms with Crippen LogP contribution in [0, 0.1) is 6.92 Å². The normalized spacial score (nSPS) is 9.75. The van der Waals surface area contributed by atoms with Crippen LogP contribution in [0.25, 0.3) is 0 Å². The van der Waals surface area contributed by atoms with Crippen LogP contribution in [0.4, 0.5) is 0 Å². The van der Waals surface area contributed by atoms with Gasteiger partial charge in [0.25, 0.3) is 0 Å². The lowest BCUT2D eigenvalue weighted by molar-refractivity contribution is 0.532. The predicted molar refractivity (Wildman–Crippen MR) is 36.1 cm³/mol. The van der Waals surface area contributed by atoms with Gasteiger partial charge >= 0.3 is 0 Å². The van der Waals surface area contributed by atoms with E-state index >= 15 is 0 Å². The van der Waals surface area contributed by atoms with E-state index in [1.807, 2.05) is 0 Å². The first-order valence-electron chi connectivity index (χ1n) is 2.24. The fraction of sp³-hybridized carbons (Fsp3) is 0.200. The average Bonchev–Trinajstić information content (AvgIpc) is 1.98. The van der Waals surface area contributed by atoms with Gasteiger partial charge in [-0.2, -0.15) is 0 Å². The van der Waals surface area contributed by atoms with Crippen LogP contribution >= 0.6 is 12.6 Å². The summed E-state index contributed by atoms with van der Waals surface area (Å²) < 4.78 is 4.89. The third-order valence-electron chi connectivity index (χ3n) is 1.00. The summed E-state index contributed by atoms with van der Waals surface area (Å²) in [4.78, 5) is 0.711. The second-order valence-corrected chi connectivity index (χ2v) is 2.07. The van der Waals surface area contributed by atoms with E-state index < -0.39 is 0 Å². The Morgan fingerprint density at radius 3 is 2.50 bits per heavy atom. The molecule has 0 unspecified atom stereocenters. The number of hydrogen-bond donors (Lipinski definition) is 1. The van der Waals surface area contributed by atoms with E-state index in [9.17, 15) is 0 Å². The number of thiol groups is 1. The van der Waals surface area contributed by atoms with Crippen molar-refractivity contribution in [2.24, 2.45) is 0 Å². The first kappa shape index (κ1) is 5.82. The lowest BCUT2D eigenvalue weighted by Crippen LogP contribution is -2.02. The van der Waals surface area contributed by atoms with Crippen molar-refractivity contribution in [1.82, 2.24) is 0 Å². The van der Waals surface area contributed by atoms with E-state index in [0.717, 1.165) is 5.76 Å². The maximum atomic E-state index is 5.43. The fourth-order valence-electron chi connectivity index (χ4n) is 0.452. The lowest BCUT2D eigenvalue weighted by atomic mass is 9.97. The van der Waals surface area contributed by atoms with Gasteiger partial charge in [0.2, 0.25) is 0 Å². The van der Waals surface area contributed by atoms with Gasteiger partial charge in [-0.15, -0.1) is 12.6 Å². The molecule has 0 amide bonds. The van der Waals surface area contributed by atoms with Gasteiger partial charge in [0.05, 0.1) is 5.76 Å².